The van der Waals surface area contributed by atoms with Gasteiger partial charge in [0.1, 0.15) is 5.69 Å². The molecule has 2 atom stereocenters. The Morgan fingerprint density at radius 1 is 1.04 bits per heavy atom. The van der Waals surface area contributed by atoms with Crippen LogP contribution in [0.4, 0.5) is 5.69 Å². The van der Waals surface area contributed by atoms with E-state index in [-0.39, 0.29) is 17.4 Å². The molecule has 5 heteroatoms. The maximum absolute atomic E-state index is 13.0. The van der Waals surface area contributed by atoms with Crippen molar-refractivity contribution < 1.29 is 4.79 Å². The molecule has 0 unspecified atom stereocenters. The first-order valence-electron chi connectivity index (χ1n) is 10.9. The smallest absolute Gasteiger partial charge is 0.274 e. The van der Waals surface area contributed by atoms with E-state index in [4.69, 9.17) is 0 Å². The number of amides is 1. The molecule has 1 saturated heterocycles. The lowest BCUT2D eigenvalue weighted by atomic mass is 9.81. The van der Waals surface area contributed by atoms with E-state index in [1.165, 1.54) is 50.8 Å². The number of rotatable bonds is 4. The number of hydrogen-bond acceptors (Lipinski definition) is 3. The molecule has 2 bridgehead atoms. The lowest BCUT2D eigenvalue weighted by Crippen LogP contribution is -2.48. The molecule has 27 heavy (non-hydrogen) atoms. The summed E-state index contributed by atoms with van der Waals surface area (Å²) >= 11 is 0. The minimum absolute atomic E-state index is 0.00284. The van der Waals surface area contributed by atoms with E-state index in [1.54, 1.807) is 0 Å². The van der Waals surface area contributed by atoms with Crippen LogP contribution < -0.4 is 10.9 Å². The summed E-state index contributed by atoms with van der Waals surface area (Å²) in [6, 6.07) is 3.93. The highest BCUT2D eigenvalue weighted by Gasteiger charge is 2.36. The maximum atomic E-state index is 13.0. The summed E-state index contributed by atoms with van der Waals surface area (Å²) < 4.78 is 1.96. The zero-order valence-corrected chi connectivity index (χ0v) is 16.2. The highest BCUT2D eigenvalue weighted by Crippen LogP contribution is 2.37. The van der Waals surface area contributed by atoms with Crippen LogP contribution in [0.2, 0.25) is 0 Å². The summed E-state index contributed by atoms with van der Waals surface area (Å²) in [7, 11) is 0. The number of aromatic nitrogens is 1. The second-order valence-electron chi connectivity index (χ2n) is 9.37. The quantitative estimate of drug-likeness (QED) is 0.887. The molecule has 1 amide bonds. The monoisotopic (exact) mass is 369 g/mol. The van der Waals surface area contributed by atoms with Crippen LogP contribution in [-0.4, -0.2) is 35.0 Å². The second kappa shape index (κ2) is 7.08. The molecule has 3 heterocycles. The first-order valence-corrected chi connectivity index (χ1v) is 10.9. The predicted molar refractivity (Wildman–Crippen MR) is 106 cm³/mol. The summed E-state index contributed by atoms with van der Waals surface area (Å²) in [5, 5.41) is 2.87. The zero-order chi connectivity index (χ0) is 18.4. The summed E-state index contributed by atoms with van der Waals surface area (Å²) in [5.74, 6) is 2.04. The van der Waals surface area contributed by atoms with E-state index in [9.17, 15) is 9.59 Å². The van der Waals surface area contributed by atoms with Gasteiger partial charge < -0.3 is 14.8 Å². The van der Waals surface area contributed by atoms with Crippen molar-refractivity contribution in [3.63, 3.8) is 0 Å². The molecule has 0 aromatic carbocycles. The van der Waals surface area contributed by atoms with Gasteiger partial charge in [0.2, 0.25) is 5.91 Å². The normalized spacial score (nSPS) is 28.6. The molecule has 2 saturated carbocycles. The molecule has 0 spiro atoms. The van der Waals surface area contributed by atoms with Crippen molar-refractivity contribution in [2.75, 3.05) is 25.0 Å². The number of hydrogen-bond donors (Lipinski definition) is 1. The van der Waals surface area contributed by atoms with Crippen LogP contribution in [0, 0.1) is 17.8 Å². The fourth-order valence-corrected chi connectivity index (χ4v) is 5.60. The molecular formula is C22H31N3O2. The van der Waals surface area contributed by atoms with Gasteiger partial charge >= 0.3 is 0 Å². The summed E-state index contributed by atoms with van der Waals surface area (Å²) in [6.45, 7) is 4.25. The number of nitrogens with one attached hydrogen (secondary N) is 1. The van der Waals surface area contributed by atoms with Crippen molar-refractivity contribution in [2.45, 2.75) is 63.8 Å². The number of fused-ring (bicyclic) bond motifs is 4. The topological polar surface area (TPSA) is 54.3 Å². The summed E-state index contributed by atoms with van der Waals surface area (Å²) in [6.07, 6.45) is 10.1. The van der Waals surface area contributed by atoms with Crippen LogP contribution in [0.15, 0.2) is 16.9 Å². The van der Waals surface area contributed by atoms with Crippen molar-refractivity contribution in [1.29, 1.82) is 0 Å². The maximum Gasteiger partial charge on any atom is 0.274 e. The Bertz CT molecular complexity index is 776. The van der Waals surface area contributed by atoms with Gasteiger partial charge in [-0.15, -0.1) is 0 Å². The number of carbonyl (C=O) groups excluding carboxylic acids is 1. The molecule has 3 fully saturated rings. The Morgan fingerprint density at radius 3 is 2.63 bits per heavy atom. The van der Waals surface area contributed by atoms with Crippen molar-refractivity contribution >= 4 is 11.6 Å². The van der Waals surface area contributed by atoms with Crippen LogP contribution in [-0.2, 0) is 11.3 Å². The highest BCUT2D eigenvalue weighted by molar-refractivity contribution is 5.93. The van der Waals surface area contributed by atoms with Gasteiger partial charge in [-0.1, -0.05) is 19.3 Å². The number of likely N-dealkylation sites (tertiary alicyclic amines) is 1. The summed E-state index contributed by atoms with van der Waals surface area (Å²) in [4.78, 5) is 27.7. The van der Waals surface area contributed by atoms with Gasteiger partial charge in [0.05, 0.1) is 0 Å². The van der Waals surface area contributed by atoms with Crippen LogP contribution in [0.5, 0.6) is 0 Å². The minimum atomic E-state index is -0.00284. The SMILES string of the molecule is O=C(Nc1ccc2n(c1=O)C[C@H]1C[C@@H]2CN(CC2CCCCC2)C1)C1CC1. The van der Waals surface area contributed by atoms with E-state index in [1.807, 2.05) is 10.6 Å². The fraction of sp³-hybridized carbons (Fsp3) is 0.727. The molecule has 0 radical (unpaired) electrons. The number of carbonyl (C=O) groups is 1. The molecule has 5 nitrogen and oxygen atoms in total. The first-order chi connectivity index (χ1) is 13.2. The van der Waals surface area contributed by atoms with E-state index in [0.717, 1.165) is 38.4 Å². The van der Waals surface area contributed by atoms with Gasteiger partial charge in [0, 0.05) is 43.7 Å². The highest BCUT2D eigenvalue weighted by atomic mass is 16.2. The lowest BCUT2D eigenvalue weighted by molar-refractivity contribution is -0.117. The van der Waals surface area contributed by atoms with Crippen LogP contribution in [0.3, 0.4) is 0 Å². The molecule has 1 aromatic heterocycles. The Hall–Kier alpha value is -1.62. The molecule has 2 aliphatic carbocycles. The fourth-order valence-electron chi connectivity index (χ4n) is 5.60. The third-order valence-electron chi connectivity index (χ3n) is 7.13. The van der Waals surface area contributed by atoms with Gasteiger partial charge in [-0.2, -0.15) is 0 Å². The average molecular weight is 370 g/mol. The number of piperidine rings is 1. The Morgan fingerprint density at radius 2 is 1.85 bits per heavy atom. The first kappa shape index (κ1) is 17.5. The van der Waals surface area contributed by atoms with Crippen LogP contribution in [0.25, 0.3) is 0 Å². The predicted octanol–water partition coefficient (Wildman–Crippen LogP) is 3.20. The number of pyridine rings is 1. The molecule has 2 aliphatic heterocycles. The molecule has 4 aliphatic rings. The van der Waals surface area contributed by atoms with Gasteiger partial charge in [0.15, 0.2) is 0 Å². The van der Waals surface area contributed by atoms with Crippen molar-refractivity contribution in [2.24, 2.45) is 17.8 Å². The van der Waals surface area contributed by atoms with Gasteiger partial charge in [-0.25, -0.2) is 0 Å². The Labute approximate surface area is 161 Å². The third kappa shape index (κ3) is 3.58. The van der Waals surface area contributed by atoms with Crippen molar-refractivity contribution in [3.8, 4) is 0 Å². The van der Waals surface area contributed by atoms with E-state index in [2.05, 4.69) is 16.3 Å². The average Bonchev–Trinajstić information content (AvgIpc) is 3.50. The lowest BCUT2D eigenvalue weighted by Gasteiger charge is -2.44. The van der Waals surface area contributed by atoms with Gasteiger partial charge in [-0.05, 0) is 56.1 Å². The van der Waals surface area contributed by atoms with Crippen LogP contribution in [0.1, 0.15) is 63.0 Å². The summed E-state index contributed by atoms with van der Waals surface area (Å²) in [5.41, 5.74) is 1.64. The molecular weight excluding hydrogens is 338 g/mol. The number of nitrogens with zero attached hydrogens (tertiary/aromatic N) is 2. The van der Waals surface area contributed by atoms with Gasteiger partial charge in [0.25, 0.3) is 5.56 Å². The molecule has 1 N–H and O–H groups in total. The largest absolute Gasteiger partial charge is 0.321 e. The van der Waals surface area contributed by atoms with E-state index < -0.39 is 0 Å². The van der Waals surface area contributed by atoms with Crippen molar-refractivity contribution in [3.05, 3.63) is 28.2 Å². The van der Waals surface area contributed by atoms with Crippen LogP contribution >= 0.6 is 0 Å². The third-order valence-corrected chi connectivity index (χ3v) is 7.13. The standard InChI is InChI=1S/C22H31N3O2/c26-21(17-6-7-17)23-19-8-9-20-18-10-16(13-25(20)22(19)27)12-24(14-18)11-15-4-2-1-3-5-15/h8-9,15-18H,1-7,10-14H2,(H,23,26)/t16-,18+/m0/s1. The zero-order valence-electron chi connectivity index (χ0n) is 16.2. The Kier molecular flexibility index (Phi) is 4.58. The molecule has 146 valence electrons. The van der Waals surface area contributed by atoms with E-state index >= 15 is 0 Å². The molecule has 5 rings (SSSR count). The number of anilines is 1. The van der Waals surface area contributed by atoms with Crippen molar-refractivity contribution in [1.82, 2.24) is 9.47 Å². The second-order valence-corrected chi connectivity index (χ2v) is 9.37. The minimum Gasteiger partial charge on any atom is -0.321 e. The van der Waals surface area contributed by atoms with Gasteiger partial charge in [-0.3, -0.25) is 9.59 Å². The van der Waals surface area contributed by atoms with E-state index in [0.29, 0.717) is 17.5 Å². The Balaban J connectivity index is 1.32. The molecule has 1 aromatic rings.